The highest BCUT2D eigenvalue weighted by atomic mass is 14.9. The van der Waals surface area contributed by atoms with Crippen molar-refractivity contribution in [2.45, 2.75) is 31.7 Å². The Bertz CT molecular complexity index is 75.3. The maximum Gasteiger partial charge on any atom is 0.00650 e. The van der Waals surface area contributed by atoms with Gasteiger partial charge in [-0.15, -0.1) is 0 Å². The molecule has 0 atom stereocenters. The molecule has 1 rings (SSSR count). The van der Waals surface area contributed by atoms with Gasteiger partial charge in [-0.1, -0.05) is 0 Å². The topological polar surface area (TPSA) is 24.1 Å². The molecular formula is C8H18N2. The lowest BCUT2D eigenvalue weighted by molar-refractivity contribution is 0.419. The van der Waals surface area contributed by atoms with E-state index in [9.17, 15) is 0 Å². The Hall–Kier alpha value is -0.0800. The van der Waals surface area contributed by atoms with Crippen LogP contribution < -0.4 is 10.6 Å². The Labute approximate surface area is 63.4 Å². The summed E-state index contributed by atoms with van der Waals surface area (Å²) in [5.41, 5.74) is 0. The van der Waals surface area contributed by atoms with Crippen LogP contribution in [0, 0.1) is 0 Å². The highest BCUT2D eigenvalue weighted by Gasteiger charge is 2.06. The van der Waals surface area contributed by atoms with E-state index in [1.54, 1.807) is 0 Å². The van der Waals surface area contributed by atoms with E-state index in [1.807, 2.05) is 0 Å². The second-order valence-corrected chi connectivity index (χ2v) is 3.02. The van der Waals surface area contributed by atoms with Crippen molar-refractivity contribution in [2.24, 2.45) is 0 Å². The molecule has 60 valence electrons. The van der Waals surface area contributed by atoms with E-state index in [0.29, 0.717) is 0 Å². The fourth-order valence-corrected chi connectivity index (χ4v) is 1.50. The molecular weight excluding hydrogens is 124 g/mol. The summed E-state index contributed by atoms with van der Waals surface area (Å²) in [7, 11) is 2.07. The average Bonchev–Trinajstić information content (AvgIpc) is 1.87. The van der Waals surface area contributed by atoms with Gasteiger partial charge in [0.2, 0.25) is 0 Å². The predicted molar refractivity (Wildman–Crippen MR) is 44.2 cm³/mol. The molecule has 1 heterocycles. The molecule has 0 aromatic rings. The molecule has 1 saturated heterocycles. The summed E-state index contributed by atoms with van der Waals surface area (Å²) in [4.78, 5) is 0. The zero-order chi connectivity index (χ0) is 7.23. The van der Waals surface area contributed by atoms with Crippen molar-refractivity contribution in [1.29, 1.82) is 0 Å². The van der Waals surface area contributed by atoms with Crippen molar-refractivity contribution < 1.29 is 0 Å². The zero-order valence-corrected chi connectivity index (χ0v) is 6.82. The number of hydrogen-bond acceptors (Lipinski definition) is 2. The van der Waals surface area contributed by atoms with Gasteiger partial charge in [0.1, 0.15) is 0 Å². The molecule has 2 N–H and O–H groups in total. The molecule has 0 spiro atoms. The Morgan fingerprint density at radius 1 is 1.20 bits per heavy atom. The lowest BCUT2D eigenvalue weighted by atomic mass is 10.0. The Kier molecular flexibility index (Phi) is 3.76. The number of rotatable bonds is 1. The summed E-state index contributed by atoms with van der Waals surface area (Å²) in [5.74, 6) is 0. The first-order valence-electron chi connectivity index (χ1n) is 4.31. The van der Waals surface area contributed by atoms with Crippen LogP contribution in [0.3, 0.4) is 0 Å². The summed E-state index contributed by atoms with van der Waals surface area (Å²) in [6.07, 6.45) is 5.32. The summed E-state index contributed by atoms with van der Waals surface area (Å²) in [6, 6.07) is 0.780. The Morgan fingerprint density at radius 3 is 2.30 bits per heavy atom. The van der Waals surface area contributed by atoms with E-state index in [1.165, 1.54) is 38.8 Å². The molecule has 0 aromatic heterocycles. The van der Waals surface area contributed by atoms with Crippen molar-refractivity contribution in [1.82, 2.24) is 10.6 Å². The van der Waals surface area contributed by atoms with Crippen molar-refractivity contribution in [3.8, 4) is 0 Å². The van der Waals surface area contributed by atoms with Gasteiger partial charge in [-0.05, 0) is 45.8 Å². The van der Waals surface area contributed by atoms with Gasteiger partial charge < -0.3 is 10.6 Å². The van der Waals surface area contributed by atoms with Crippen LogP contribution in [0.5, 0.6) is 0 Å². The third kappa shape index (κ3) is 2.67. The molecule has 1 aliphatic heterocycles. The smallest absolute Gasteiger partial charge is 0.00650 e. The minimum Gasteiger partial charge on any atom is -0.317 e. The highest BCUT2D eigenvalue weighted by molar-refractivity contribution is 4.68. The van der Waals surface area contributed by atoms with Crippen LogP contribution in [0.1, 0.15) is 25.7 Å². The quantitative estimate of drug-likeness (QED) is 0.564. The van der Waals surface area contributed by atoms with Crippen molar-refractivity contribution in [3.05, 3.63) is 0 Å². The van der Waals surface area contributed by atoms with Gasteiger partial charge in [-0.25, -0.2) is 0 Å². The van der Waals surface area contributed by atoms with Gasteiger partial charge >= 0.3 is 0 Å². The molecule has 10 heavy (non-hydrogen) atoms. The largest absolute Gasteiger partial charge is 0.317 e. The lowest BCUT2D eigenvalue weighted by Gasteiger charge is -2.19. The lowest BCUT2D eigenvalue weighted by Crippen LogP contribution is -2.30. The third-order valence-corrected chi connectivity index (χ3v) is 2.22. The summed E-state index contributed by atoms with van der Waals surface area (Å²) < 4.78 is 0. The van der Waals surface area contributed by atoms with Crippen molar-refractivity contribution in [2.75, 3.05) is 20.1 Å². The molecule has 0 radical (unpaired) electrons. The fraction of sp³-hybridized carbons (Fsp3) is 1.00. The maximum absolute atomic E-state index is 3.40. The van der Waals surface area contributed by atoms with E-state index >= 15 is 0 Å². The van der Waals surface area contributed by atoms with Crippen LogP contribution in [-0.4, -0.2) is 26.2 Å². The van der Waals surface area contributed by atoms with Crippen LogP contribution in [0.4, 0.5) is 0 Å². The Balaban J connectivity index is 2.16. The first-order valence-corrected chi connectivity index (χ1v) is 4.31. The SMILES string of the molecule is CNC1CCCNCCC1. The molecule has 2 nitrogen and oxygen atoms in total. The van der Waals surface area contributed by atoms with E-state index < -0.39 is 0 Å². The zero-order valence-electron chi connectivity index (χ0n) is 6.82. The monoisotopic (exact) mass is 142 g/mol. The third-order valence-electron chi connectivity index (χ3n) is 2.22. The molecule has 1 fully saturated rings. The van der Waals surface area contributed by atoms with E-state index in [0.717, 1.165) is 6.04 Å². The van der Waals surface area contributed by atoms with Crippen LogP contribution in [0.25, 0.3) is 0 Å². The molecule has 0 bridgehead atoms. The second-order valence-electron chi connectivity index (χ2n) is 3.02. The second kappa shape index (κ2) is 4.69. The molecule has 0 saturated carbocycles. The first-order chi connectivity index (χ1) is 4.93. The normalized spacial score (nSPS) is 23.7. The van der Waals surface area contributed by atoms with Gasteiger partial charge in [-0.3, -0.25) is 0 Å². The van der Waals surface area contributed by atoms with Gasteiger partial charge in [0.15, 0.2) is 0 Å². The van der Waals surface area contributed by atoms with Crippen LogP contribution in [0.2, 0.25) is 0 Å². The molecule has 2 heteroatoms. The predicted octanol–water partition coefficient (Wildman–Crippen LogP) is 0.738. The fourth-order valence-electron chi connectivity index (χ4n) is 1.50. The standard InChI is InChI=1S/C8H18N2/c1-9-8-4-2-6-10-7-3-5-8/h8-10H,2-7H2,1H3. The minimum absolute atomic E-state index is 0.780. The van der Waals surface area contributed by atoms with Crippen molar-refractivity contribution in [3.63, 3.8) is 0 Å². The Morgan fingerprint density at radius 2 is 1.80 bits per heavy atom. The van der Waals surface area contributed by atoms with Gasteiger partial charge in [-0.2, -0.15) is 0 Å². The van der Waals surface area contributed by atoms with Gasteiger partial charge in [0.25, 0.3) is 0 Å². The highest BCUT2D eigenvalue weighted by Crippen LogP contribution is 2.05. The summed E-state index contributed by atoms with van der Waals surface area (Å²) in [5, 5.41) is 6.75. The van der Waals surface area contributed by atoms with Gasteiger partial charge in [0, 0.05) is 6.04 Å². The van der Waals surface area contributed by atoms with Crippen LogP contribution in [-0.2, 0) is 0 Å². The molecule has 0 unspecified atom stereocenters. The van der Waals surface area contributed by atoms with Crippen LogP contribution >= 0.6 is 0 Å². The van der Waals surface area contributed by atoms with Crippen LogP contribution in [0.15, 0.2) is 0 Å². The summed E-state index contributed by atoms with van der Waals surface area (Å²) >= 11 is 0. The average molecular weight is 142 g/mol. The van der Waals surface area contributed by atoms with Crippen molar-refractivity contribution >= 4 is 0 Å². The van der Waals surface area contributed by atoms with E-state index in [4.69, 9.17) is 0 Å². The molecule has 0 aliphatic carbocycles. The van der Waals surface area contributed by atoms with Gasteiger partial charge in [0.05, 0.1) is 0 Å². The molecule has 0 amide bonds. The van der Waals surface area contributed by atoms with E-state index in [-0.39, 0.29) is 0 Å². The number of hydrogen-bond donors (Lipinski definition) is 2. The number of nitrogens with one attached hydrogen (secondary N) is 2. The minimum atomic E-state index is 0.780. The maximum atomic E-state index is 3.40. The first kappa shape index (κ1) is 8.02. The molecule has 0 aromatic carbocycles. The summed E-state index contributed by atoms with van der Waals surface area (Å²) in [6.45, 7) is 2.41. The molecule has 1 aliphatic rings. The van der Waals surface area contributed by atoms with E-state index in [2.05, 4.69) is 17.7 Å².